The van der Waals surface area contributed by atoms with Crippen LogP contribution in [-0.4, -0.2) is 23.2 Å². The average Bonchev–Trinajstić information content (AvgIpc) is 2.84. The summed E-state index contributed by atoms with van der Waals surface area (Å²) < 4.78 is 24.9. The van der Waals surface area contributed by atoms with Gasteiger partial charge in [-0.25, -0.2) is 13.6 Å². The molecule has 1 heterocycles. The van der Waals surface area contributed by atoms with E-state index in [2.05, 4.69) is 10.2 Å². The summed E-state index contributed by atoms with van der Waals surface area (Å²) in [7, 11) is -3.89. The SMILES string of the molecule is CCCn1c(C(C)(C)c2ccccc2)nnc1S(N)(=O)=O. The van der Waals surface area contributed by atoms with Crippen molar-refractivity contribution in [3.05, 3.63) is 41.7 Å². The number of primary sulfonamides is 1. The van der Waals surface area contributed by atoms with Gasteiger partial charge < -0.3 is 4.57 Å². The first kappa shape index (κ1) is 15.7. The largest absolute Gasteiger partial charge is 0.300 e. The summed E-state index contributed by atoms with van der Waals surface area (Å²) in [5, 5.41) is 13.0. The van der Waals surface area contributed by atoms with Gasteiger partial charge in [0, 0.05) is 12.0 Å². The fraction of sp³-hybridized carbons (Fsp3) is 0.429. The zero-order valence-electron chi connectivity index (χ0n) is 12.4. The second kappa shape index (κ2) is 5.57. The zero-order chi connectivity index (χ0) is 15.7. The Kier molecular flexibility index (Phi) is 4.15. The van der Waals surface area contributed by atoms with Crippen molar-refractivity contribution >= 4 is 10.0 Å². The van der Waals surface area contributed by atoms with Crippen LogP contribution in [-0.2, 0) is 22.0 Å². The molecule has 0 spiro atoms. The molecule has 7 heteroatoms. The molecule has 0 radical (unpaired) electrons. The van der Waals surface area contributed by atoms with Crippen LogP contribution in [0.1, 0.15) is 38.6 Å². The Bertz CT molecular complexity index is 721. The minimum Gasteiger partial charge on any atom is -0.300 e. The highest BCUT2D eigenvalue weighted by molar-refractivity contribution is 7.89. The Morgan fingerprint density at radius 2 is 1.81 bits per heavy atom. The maximum absolute atomic E-state index is 11.7. The molecule has 0 bridgehead atoms. The molecule has 0 aliphatic carbocycles. The molecular formula is C14H20N4O2S. The molecule has 0 fully saturated rings. The lowest BCUT2D eigenvalue weighted by Gasteiger charge is -2.25. The molecule has 0 amide bonds. The summed E-state index contributed by atoms with van der Waals surface area (Å²) >= 11 is 0. The Balaban J connectivity index is 2.61. The average molecular weight is 308 g/mol. The van der Waals surface area contributed by atoms with Crippen LogP contribution in [0.2, 0.25) is 0 Å². The van der Waals surface area contributed by atoms with E-state index in [4.69, 9.17) is 5.14 Å². The number of benzene rings is 1. The lowest BCUT2D eigenvalue weighted by molar-refractivity contribution is 0.497. The van der Waals surface area contributed by atoms with Gasteiger partial charge in [0.15, 0.2) is 0 Å². The van der Waals surface area contributed by atoms with Gasteiger partial charge in [0.1, 0.15) is 5.82 Å². The van der Waals surface area contributed by atoms with Gasteiger partial charge >= 0.3 is 0 Å². The van der Waals surface area contributed by atoms with E-state index in [0.717, 1.165) is 12.0 Å². The van der Waals surface area contributed by atoms with Crippen molar-refractivity contribution in [2.75, 3.05) is 0 Å². The summed E-state index contributed by atoms with van der Waals surface area (Å²) in [4.78, 5) is 0. The van der Waals surface area contributed by atoms with E-state index in [1.165, 1.54) is 0 Å². The van der Waals surface area contributed by atoms with E-state index in [9.17, 15) is 8.42 Å². The van der Waals surface area contributed by atoms with Gasteiger partial charge in [0.25, 0.3) is 15.2 Å². The number of rotatable bonds is 5. The van der Waals surface area contributed by atoms with Crippen LogP contribution < -0.4 is 5.14 Å². The molecular weight excluding hydrogens is 288 g/mol. The molecule has 114 valence electrons. The van der Waals surface area contributed by atoms with Gasteiger partial charge in [-0.15, -0.1) is 10.2 Å². The number of hydrogen-bond acceptors (Lipinski definition) is 4. The number of sulfonamides is 1. The van der Waals surface area contributed by atoms with E-state index < -0.39 is 15.4 Å². The summed E-state index contributed by atoms with van der Waals surface area (Å²) in [5.74, 6) is 0.597. The minimum absolute atomic E-state index is 0.177. The second-order valence-corrected chi connectivity index (χ2v) is 6.95. The normalized spacial score (nSPS) is 12.6. The Morgan fingerprint density at radius 1 is 1.19 bits per heavy atom. The van der Waals surface area contributed by atoms with Crippen LogP contribution in [0.4, 0.5) is 0 Å². The highest BCUT2D eigenvalue weighted by Crippen LogP contribution is 2.31. The monoisotopic (exact) mass is 308 g/mol. The Morgan fingerprint density at radius 3 is 2.33 bits per heavy atom. The molecule has 0 atom stereocenters. The standard InChI is InChI=1S/C14H20N4O2S/c1-4-10-18-12(16-17-13(18)21(15,19)20)14(2,3)11-8-6-5-7-9-11/h5-9H,4,10H2,1-3H3,(H2,15,19,20). The summed E-state index contributed by atoms with van der Waals surface area (Å²) in [6.07, 6.45) is 0.762. The van der Waals surface area contributed by atoms with Crippen LogP contribution in [0.5, 0.6) is 0 Å². The third-order valence-corrected chi connectivity index (χ3v) is 4.28. The minimum atomic E-state index is -3.89. The summed E-state index contributed by atoms with van der Waals surface area (Å²) in [5.41, 5.74) is 0.572. The van der Waals surface area contributed by atoms with Crippen LogP contribution in [0.25, 0.3) is 0 Å². The molecule has 0 saturated heterocycles. The topological polar surface area (TPSA) is 90.9 Å². The predicted molar refractivity (Wildman–Crippen MR) is 80.3 cm³/mol. The molecule has 1 aromatic carbocycles. The lowest BCUT2D eigenvalue weighted by Crippen LogP contribution is -2.27. The van der Waals surface area contributed by atoms with Crippen LogP contribution in [0.3, 0.4) is 0 Å². The molecule has 1 aromatic heterocycles. The van der Waals surface area contributed by atoms with Gasteiger partial charge in [-0.1, -0.05) is 37.3 Å². The fourth-order valence-electron chi connectivity index (χ4n) is 2.37. The van der Waals surface area contributed by atoms with E-state index in [0.29, 0.717) is 12.4 Å². The molecule has 0 aliphatic rings. The smallest absolute Gasteiger partial charge is 0.273 e. The predicted octanol–water partition coefficient (Wildman–Crippen LogP) is 1.66. The maximum Gasteiger partial charge on any atom is 0.273 e. The van der Waals surface area contributed by atoms with Crippen molar-refractivity contribution in [1.29, 1.82) is 0 Å². The molecule has 21 heavy (non-hydrogen) atoms. The molecule has 0 aliphatic heterocycles. The molecule has 0 unspecified atom stereocenters. The summed E-state index contributed by atoms with van der Waals surface area (Å²) in [6.45, 7) is 6.45. The highest BCUT2D eigenvalue weighted by atomic mass is 32.2. The van der Waals surface area contributed by atoms with Gasteiger partial charge in [-0.2, -0.15) is 0 Å². The van der Waals surface area contributed by atoms with Gasteiger partial charge in [-0.05, 0) is 25.8 Å². The first-order chi connectivity index (χ1) is 9.78. The number of nitrogens with two attached hydrogens (primary N) is 1. The third kappa shape index (κ3) is 2.98. The van der Waals surface area contributed by atoms with Crippen molar-refractivity contribution in [3.8, 4) is 0 Å². The lowest BCUT2D eigenvalue weighted by atomic mass is 9.84. The third-order valence-electron chi connectivity index (χ3n) is 3.47. The van der Waals surface area contributed by atoms with Crippen molar-refractivity contribution in [1.82, 2.24) is 14.8 Å². The molecule has 2 aromatic rings. The van der Waals surface area contributed by atoms with E-state index >= 15 is 0 Å². The quantitative estimate of drug-likeness (QED) is 0.909. The Hall–Kier alpha value is -1.73. The Labute approximate surface area is 125 Å². The number of hydrogen-bond donors (Lipinski definition) is 1. The number of nitrogens with zero attached hydrogens (tertiary/aromatic N) is 3. The maximum atomic E-state index is 11.7. The van der Waals surface area contributed by atoms with Crippen molar-refractivity contribution in [3.63, 3.8) is 0 Å². The van der Waals surface area contributed by atoms with Gasteiger partial charge in [0.2, 0.25) is 0 Å². The molecule has 2 N–H and O–H groups in total. The zero-order valence-corrected chi connectivity index (χ0v) is 13.3. The van der Waals surface area contributed by atoms with Crippen molar-refractivity contribution < 1.29 is 8.42 Å². The van der Waals surface area contributed by atoms with Gasteiger partial charge in [-0.3, -0.25) is 0 Å². The first-order valence-corrected chi connectivity index (χ1v) is 8.35. The van der Waals surface area contributed by atoms with E-state index in [1.54, 1.807) is 4.57 Å². The molecule has 0 saturated carbocycles. The number of aromatic nitrogens is 3. The van der Waals surface area contributed by atoms with Crippen molar-refractivity contribution in [2.24, 2.45) is 5.14 Å². The van der Waals surface area contributed by atoms with Crippen LogP contribution >= 0.6 is 0 Å². The van der Waals surface area contributed by atoms with E-state index in [-0.39, 0.29) is 5.16 Å². The van der Waals surface area contributed by atoms with Gasteiger partial charge in [0.05, 0.1) is 0 Å². The molecule has 2 rings (SSSR count). The fourth-order valence-corrected chi connectivity index (χ4v) is 3.01. The summed E-state index contributed by atoms with van der Waals surface area (Å²) in [6, 6.07) is 9.80. The molecule has 6 nitrogen and oxygen atoms in total. The van der Waals surface area contributed by atoms with Crippen LogP contribution in [0.15, 0.2) is 35.5 Å². The van der Waals surface area contributed by atoms with Crippen LogP contribution in [0, 0.1) is 0 Å². The van der Waals surface area contributed by atoms with E-state index in [1.807, 2.05) is 51.1 Å². The second-order valence-electron chi connectivity index (χ2n) is 5.49. The van der Waals surface area contributed by atoms with Crippen molar-refractivity contribution in [2.45, 2.75) is 44.3 Å². The first-order valence-electron chi connectivity index (χ1n) is 6.80. The highest BCUT2D eigenvalue weighted by Gasteiger charge is 2.32.